The molecule has 0 saturated carbocycles. The van der Waals surface area contributed by atoms with Crippen LogP contribution in [-0.4, -0.2) is 46.0 Å². The van der Waals surface area contributed by atoms with Gasteiger partial charge < -0.3 is 24.7 Å². The SMILES string of the molecule is COc1cccc(CN(CCc2c[nH]c3ccccc23)C(=O)c2c[nH]c(C)cc2=O)c1.O=CO. The van der Waals surface area contributed by atoms with Crippen LogP contribution < -0.4 is 10.2 Å². The molecule has 4 rings (SSSR count). The number of aromatic nitrogens is 2. The van der Waals surface area contributed by atoms with E-state index in [0.29, 0.717) is 19.5 Å². The Morgan fingerprint density at radius 3 is 2.59 bits per heavy atom. The third kappa shape index (κ3) is 5.92. The number of carbonyl (C=O) groups is 2. The van der Waals surface area contributed by atoms with E-state index in [4.69, 9.17) is 14.6 Å². The average Bonchev–Trinajstić information content (AvgIpc) is 3.25. The molecule has 0 spiro atoms. The first kappa shape index (κ1) is 24.3. The fourth-order valence-corrected chi connectivity index (χ4v) is 3.75. The highest BCUT2D eigenvalue weighted by Gasteiger charge is 2.20. The first-order valence-corrected chi connectivity index (χ1v) is 10.7. The summed E-state index contributed by atoms with van der Waals surface area (Å²) in [5.74, 6) is 0.443. The summed E-state index contributed by atoms with van der Waals surface area (Å²) in [6.45, 7) is 2.40. The summed E-state index contributed by atoms with van der Waals surface area (Å²) in [6, 6.07) is 17.2. The second kappa shape index (κ2) is 11.5. The number of H-pyrrole nitrogens is 2. The van der Waals surface area contributed by atoms with Gasteiger partial charge in [0.15, 0.2) is 5.43 Å². The summed E-state index contributed by atoms with van der Waals surface area (Å²) in [7, 11) is 1.62. The molecular weight excluding hydrogens is 434 g/mol. The van der Waals surface area contributed by atoms with E-state index < -0.39 is 0 Å². The lowest BCUT2D eigenvalue weighted by atomic mass is 10.1. The van der Waals surface area contributed by atoms with Gasteiger partial charge in [-0.1, -0.05) is 30.3 Å². The highest BCUT2D eigenvalue weighted by molar-refractivity contribution is 5.94. The van der Waals surface area contributed by atoms with Crippen molar-refractivity contribution in [3.8, 4) is 5.75 Å². The number of hydrogen-bond donors (Lipinski definition) is 3. The molecule has 2 aromatic heterocycles. The number of nitrogens with zero attached hydrogens (tertiary/aromatic N) is 1. The van der Waals surface area contributed by atoms with Gasteiger partial charge in [-0.15, -0.1) is 0 Å². The molecule has 8 heteroatoms. The fourth-order valence-electron chi connectivity index (χ4n) is 3.75. The Hall–Kier alpha value is -4.33. The lowest BCUT2D eigenvalue weighted by Crippen LogP contribution is -2.35. The van der Waals surface area contributed by atoms with Gasteiger partial charge in [0.25, 0.3) is 12.4 Å². The predicted molar refractivity (Wildman–Crippen MR) is 130 cm³/mol. The van der Waals surface area contributed by atoms with E-state index in [2.05, 4.69) is 16.0 Å². The van der Waals surface area contributed by atoms with E-state index >= 15 is 0 Å². The topological polar surface area (TPSA) is 115 Å². The van der Waals surface area contributed by atoms with E-state index in [1.807, 2.05) is 48.7 Å². The van der Waals surface area contributed by atoms with Gasteiger partial charge in [-0.05, 0) is 42.7 Å². The standard InChI is InChI=1S/C25H25N3O3.CH2O2/c1-17-12-24(29)22(15-26-17)25(30)28(16-18-6-5-7-20(13-18)31-2)11-10-19-14-27-23-9-4-3-8-21(19)23;2-1-3/h3-9,12-15,27H,10-11,16H2,1-2H3,(H,26,29);1H,(H,2,3). The minimum absolute atomic E-state index is 0.146. The van der Waals surface area contributed by atoms with E-state index in [1.165, 1.54) is 12.3 Å². The Kier molecular flexibility index (Phi) is 8.23. The number of para-hydroxylation sites is 1. The largest absolute Gasteiger partial charge is 0.497 e. The van der Waals surface area contributed by atoms with E-state index in [-0.39, 0.29) is 23.4 Å². The van der Waals surface area contributed by atoms with E-state index in [0.717, 1.165) is 33.5 Å². The number of carbonyl (C=O) groups excluding carboxylic acids is 1. The molecule has 3 N–H and O–H groups in total. The van der Waals surface area contributed by atoms with Gasteiger partial charge in [-0.2, -0.15) is 0 Å². The first-order chi connectivity index (χ1) is 16.5. The van der Waals surface area contributed by atoms with Gasteiger partial charge in [0.05, 0.1) is 7.11 Å². The minimum atomic E-state index is -0.288. The highest BCUT2D eigenvalue weighted by atomic mass is 16.5. The molecule has 2 heterocycles. The number of amides is 1. The number of aromatic amines is 2. The van der Waals surface area contributed by atoms with Gasteiger partial charge >= 0.3 is 0 Å². The molecular formula is C26H27N3O5. The summed E-state index contributed by atoms with van der Waals surface area (Å²) < 4.78 is 5.32. The number of rotatable bonds is 7. The number of nitrogens with one attached hydrogen (secondary N) is 2. The molecule has 4 aromatic rings. The maximum absolute atomic E-state index is 13.3. The summed E-state index contributed by atoms with van der Waals surface area (Å²) in [5.41, 5.74) is 3.74. The molecule has 0 bridgehead atoms. The van der Waals surface area contributed by atoms with Crippen LogP contribution in [0.2, 0.25) is 0 Å². The summed E-state index contributed by atoms with van der Waals surface area (Å²) >= 11 is 0. The van der Waals surface area contributed by atoms with Gasteiger partial charge in [0, 0.05) is 48.1 Å². The van der Waals surface area contributed by atoms with Crippen LogP contribution in [0.25, 0.3) is 10.9 Å². The summed E-state index contributed by atoms with van der Waals surface area (Å²) in [5, 5.41) is 8.03. The van der Waals surface area contributed by atoms with E-state index in [1.54, 1.807) is 18.9 Å². The maximum Gasteiger partial charge on any atom is 0.290 e. The normalized spacial score (nSPS) is 10.3. The predicted octanol–water partition coefficient (Wildman–Crippen LogP) is 3.76. The van der Waals surface area contributed by atoms with Crippen molar-refractivity contribution in [1.29, 1.82) is 0 Å². The molecule has 2 aromatic carbocycles. The zero-order valence-electron chi connectivity index (χ0n) is 19.1. The van der Waals surface area contributed by atoms with Crippen LogP contribution in [0.4, 0.5) is 0 Å². The number of pyridine rings is 1. The molecule has 0 aliphatic carbocycles. The van der Waals surface area contributed by atoms with Crippen LogP contribution in [-0.2, 0) is 17.8 Å². The van der Waals surface area contributed by atoms with Crippen molar-refractivity contribution in [3.05, 3.63) is 99.6 Å². The van der Waals surface area contributed by atoms with Crippen molar-refractivity contribution in [1.82, 2.24) is 14.9 Å². The van der Waals surface area contributed by atoms with Crippen molar-refractivity contribution >= 4 is 23.3 Å². The zero-order chi connectivity index (χ0) is 24.5. The van der Waals surface area contributed by atoms with Crippen molar-refractivity contribution in [2.75, 3.05) is 13.7 Å². The molecule has 8 nitrogen and oxygen atoms in total. The van der Waals surface area contributed by atoms with Crippen molar-refractivity contribution in [2.24, 2.45) is 0 Å². The molecule has 0 radical (unpaired) electrons. The number of hydrogen-bond acceptors (Lipinski definition) is 4. The average molecular weight is 462 g/mol. The lowest BCUT2D eigenvalue weighted by Gasteiger charge is -2.23. The van der Waals surface area contributed by atoms with Crippen molar-refractivity contribution in [2.45, 2.75) is 19.9 Å². The van der Waals surface area contributed by atoms with E-state index in [9.17, 15) is 9.59 Å². The third-order valence-electron chi connectivity index (χ3n) is 5.41. The Morgan fingerprint density at radius 2 is 1.85 bits per heavy atom. The van der Waals surface area contributed by atoms with Crippen LogP contribution in [0, 0.1) is 6.92 Å². The molecule has 0 aliphatic rings. The fraction of sp³-hybridized carbons (Fsp3) is 0.192. The van der Waals surface area contributed by atoms with Crippen LogP contribution >= 0.6 is 0 Å². The molecule has 0 aliphatic heterocycles. The van der Waals surface area contributed by atoms with Gasteiger partial charge in [-0.3, -0.25) is 14.4 Å². The molecule has 0 unspecified atom stereocenters. The smallest absolute Gasteiger partial charge is 0.290 e. The minimum Gasteiger partial charge on any atom is -0.497 e. The monoisotopic (exact) mass is 461 g/mol. The second-order valence-electron chi connectivity index (χ2n) is 7.69. The van der Waals surface area contributed by atoms with Crippen LogP contribution in [0.3, 0.4) is 0 Å². The summed E-state index contributed by atoms with van der Waals surface area (Å²) in [6.07, 6.45) is 4.16. The second-order valence-corrected chi connectivity index (χ2v) is 7.69. The number of aryl methyl sites for hydroxylation is 1. The Balaban J connectivity index is 0.00000103. The van der Waals surface area contributed by atoms with Crippen LogP contribution in [0.5, 0.6) is 5.75 Å². The maximum atomic E-state index is 13.3. The Bertz CT molecular complexity index is 1330. The lowest BCUT2D eigenvalue weighted by molar-refractivity contribution is -0.122. The number of fused-ring (bicyclic) bond motifs is 1. The molecule has 176 valence electrons. The first-order valence-electron chi connectivity index (χ1n) is 10.7. The highest BCUT2D eigenvalue weighted by Crippen LogP contribution is 2.20. The Morgan fingerprint density at radius 1 is 1.09 bits per heavy atom. The number of benzene rings is 2. The van der Waals surface area contributed by atoms with Crippen molar-refractivity contribution < 1.29 is 19.4 Å². The van der Waals surface area contributed by atoms with Crippen LogP contribution in [0.15, 0.2) is 71.8 Å². The molecule has 0 saturated heterocycles. The zero-order valence-corrected chi connectivity index (χ0v) is 19.1. The van der Waals surface area contributed by atoms with Gasteiger partial charge in [0.2, 0.25) is 0 Å². The summed E-state index contributed by atoms with van der Waals surface area (Å²) in [4.78, 5) is 42.1. The van der Waals surface area contributed by atoms with Crippen molar-refractivity contribution in [3.63, 3.8) is 0 Å². The molecule has 0 atom stereocenters. The molecule has 1 amide bonds. The quantitative estimate of drug-likeness (QED) is 0.363. The number of carboxylic acid groups (broad SMARTS) is 1. The molecule has 0 fully saturated rings. The number of methoxy groups -OCH3 is 1. The Labute approximate surface area is 196 Å². The van der Waals surface area contributed by atoms with Crippen LogP contribution in [0.1, 0.15) is 27.2 Å². The number of ether oxygens (including phenoxy) is 1. The van der Waals surface area contributed by atoms with Gasteiger partial charge in [0.1, 0.15) is 11.3 Å². The molecule has 34 heavy (non-hydrogen) atoms. The third-order valence-corrected chi connectivity index (χ3v) is 5.41. The van der Waals surface area contributed by atoms with Gasteiger partial charge in [-0.25, -0.2) is 0 Å².